The van der Waals surface area contributed by atoms with Gasteiger partial charge in [0.1, 0.15) is 0 Å². The van der Waals surface area contributed by atoms with E-state index in [2.05, 4.69) is 0 Å². The van der Waals surface area contributed by atoms with Gasteiger partial charge < -0.3 is 4.90 Å². The Morgan fingerprint density at radius 2 is 1.82 bits per heavy atom. The first-order valence-electron chi connectivity index (χ1n) is 5.66. The molecule has 4 amide bonds. The number of amides is 4. The van der Waals surface area contributed by atoms with Gasteiger partial charge in [0.05, 0.1) is 6.04 Å². The Bertz CT molecular complexity index is 329. The van der Waals surface area contributed by atoms with E-state index in [0.717, 1.165) is 4.90 Å². The molecular weight excluding hydrogens is 222 g/mol. The molecule has 1 atom stereocenters. The second kappa shape index (κ2) is 5.27. The van der Waals surface area contributed by atoms with Crippen LogP contribution in [0.5, 0.6) is 0 Å². The van der Waals surface area contributed by atoms with Crippen molar-refractivity contribution in [2.75, 3.05) is 20.6 Å². The minimum Gasteiger partial charge on any atom is -0.307 e. The molecule has 1 unspecified atom stereocenters. The van der Waals surface area contributed by atoms with Crippen LogP contribution in [0.3, 0.4) is 0 Å². The van der Waals surface area contributed by atoms with Gasteiger partial charge in [-0.2, -0.15) is 0 Å². The zero-order chi connectivity index (χ0) is 13.2. The maximum Gasteiger partial charge on any atom is 0.331 e. The molecule has 1 aliphatic heterocycles. The molecule has 1 rings (SSSR count). The molecule has 0 aromatic heterocycles. The number of urea groups is 1. The highest BCUT2D eigenvalue weighted by Crippen LogP contribution is 2.15. The smallest absolute Gasteiger partial charge is 0.307 e. The van der Waals surface area contributed by atoms with Crippen LogP contribution in [0, 0.1) is 5.92 Å². The topological polar surface area (TPSA) is 69.7 Å². The van der Waals surface area contributed by atoms with Gasteiger partial charge in [-0.25, -0.2) is 4.79 Å². The first-order valence-corrected chi connectivity index (χ1v) is 5.66. The van der Waals surface area contributed by atoms with E-state index in [4.69, 9.17) is 0 Å². The second-order valence-corrected chi connectivity index (χ2v) is 4.98. The van der Waals surface area contributed by atoms with Crippen LogP contribution in [-0.4, -0.2) is 54.3 Å². The Morgan fingerprint density at radius 3 is 2.18 bits per heavy atom. The van der Waals surface area contributed by atoms with Crippen molar-refractivity contribution in [3.63, 3.8) is 0 Å². The van der Waals surface area contributed by atoms with E-state index < -0.39 is 17.8 Å². The van der Waals surface area contributed by atoms with Crippen LogP contribution in [0.25, 0.3) is 0 Å². The molecule has 1 saturated heterocycles. The Hall–Kier alpha value is -1.43. The average molecular weight is 241 g/mol. The van der Waals surface area contributed by atoms with Gasteiger partial charge in [-0.1, -0.05) is 13.8 Å². The Labute approximate surface area is 101 Å². The molecule has 6 heteroatoms. The maximum atomic E-state index is 11.6. The van der Waals surface area contributed by atoms with Crippen LogP contribution < -0.4 is 5.32 Å². The molecule has 1 N–H and O–H groups in total. The fourth-order valence-corrected chi connectivity index (χ4v) is 1.97. The molecular formula is C11H19N3O3. The molecule has 1 aliphatic rings. The number of nitrogens with one attached hydrogen (secondary N) is 1. The first-order chi connectivity index (χ1) is 7.82. The number of carbonyl (C=O) groups is 3. The van der Waals surface area contributed by atoms with Crippen LogP contribution >= 0.6 is 0 Å². The van der Waals surface area contributed by atoms with Crippen LogP contribution in [0.2, 0.25) is 0 Å². The lowest BCUT2D eigenvalue weighted by Crippen LogP contribution is -2.46. The van der Waals surface area contributed by atoms with Crippen LogP contribution in [-0.2, 0) is 9.59 Å². The minimum atomic E-state index is -0.831. The van der Waals surface area contributed by atoms with Gasteiger partial charge >= 0.3 is 17.8 Å². The zero-order valence-corrected chi connectivity index (χ0v) is 10.7. The number of likely N-dealkylation sites (N-methyl/N-ethyl adjacent to an activating group) is 1. The highest BCUT2D eigenvalue weighted by atomic mass is 16.2. The van der Waals surface area contributed by atoms with Crippen molar-refractivity contribution >= 4 is 17.8 Å². The van der Waals surface area contributed by atoms with E-state index in [9.17, 15) is 14.4 Å². The Balaban J connectivity index is 2.85. The fourth-order valence-electron chi connectivity index (χ4n) is 1.97. The number of nitrogens with zero attached hydrogens (tertiary/aromatic N) is 2. The van der Waals surface area contributed by atoms with Crippen molar-refractivity contribution in [3.05, 3.63) is 0 Å². The van der Waals surface area contributed by atoms with Crippen molar-refractivity contribution in [1.29, 1.82) is 0 Å². The summed E-state index contributed by atoms with van der Waals surface area (Å²) in [5, 5.41) is 2.02. The standard InChI is InChI=1S/C11H19N3O3/c1-7(2)5-8(6-13(3)4)14-10(16)9(15)12-11(14)17/h7-8H,5-6H2,1-4H3,(H,12,15,17). The highest BCUT2D eigenvalue weighted by Gasteiger charge is 2.41. The lowest BCUT2D eigenvalue weighted by Gasteiger charge is -2.28. The molecule has 1 heterocycles. The normalized spacial score (nSPS) is 18.2. The molecule has 6 nitrogen and oxygen atoms in total. The van der Waals surface area contributed by atoms with E-state index in [-0.39, 0.29) is 6.04 Å². The Morgan fingerprint density at radius 1 is 1.24 bits per heavy atom. The van der Waals surface area contributed by atoms with E-state index in [0.29, 0.717) is 18.9 Å². The van der Waals surface area contributed by atoms with Gasteiger partial charge in [0.15, 0.2) is 0 Å². The molecule has 0 aromatic carbocycles. The number of imide groups is 2. The largest absolute Gasteiger partial charge is 0.331 e. The molecule has 1 fully saturated rings. The van der Waals surface area contributed by atoms with Gasteiger partial charge in [-0.15, -0.1) is 0 Å². The van der Waals surface area contributed by atoms with E-state index in [1.54, 1.807) is 0 Å². The van der Waals surface area contributed by atoms with Crippen molar-refractivity contribution in [2.24, 2.45) is 5.92 Å². The number of hydrogen-bond donors (Lipinski definition) is 1. The molecule has 0 radical (unpaired) electrons. The summed E-state index contributed by atoms with van der Waals surface area (Å²) in [7, 11) is 3.74. The van der Waals surface area contributed by atoms with E-state index in [1.807, 2.05) is 38.2 Å². The van der Waals surface area contributed by atoms with Crippen LogP contribution in [0.15, 0.2) is 0 Å². The molecule has 0 saturated carbocycles. The van der Waals surface area contributed by atoms with Crippen LogP contribution in [0.4, 0.5) is 4.79 Å². The summed E-state index contributed by atoms with van der Waals surface area (Å²) >= 11 is 0. The summed E-state index contributed by atoms with van der Waals surface area (Å²) in [6.07, 6.45) is 0.685. The third kappa shape index (κ3) is 3.26. The summed E-state index contributed by atoms with van der Waals surface area (Å²) in [6, 6.07) is -0.864. The lowest BCUT2D eigenvalue weighted by atomic mass is 10.0. The molecule has 17 heavy (non-hydrogen) atoms. The van der Waals surface area contributed by atoms with Crippen molar-refractivity contribution in [1.82, 2.24) is 15.1 Å². The molecule has 0 aromatic rings. The maximum absolute atomic E-state index is 11.6. The lowest BCUT2D eigenvalue weighted by molar-refractivity contribution is -0.141. The zero-order valence-electron chi connectivity index (χ0n) is 10.7. The number of carbonyl (C=O) groups excluding carboxylic acids is 3. The monoisotopic (exact) mass is 241 g/mol. The Kier molecular flexibility index (Phi) is 4.22. The molecule has 0 spiro atoms. The summed E-state index contributed by atoms with van der Waals surface area (Å²) in [5.41, 5.74) is 0. The highest BCUT2D eigenvalue weighted by molar-refractivity contribution is 6.44. The molecule has 96 valence electrons. The minimum absolute atomic E-state index is 0.260. The summed E-state index contributed by atoms with van der Waals surface area (Å²) in [5.74, 6) is -1.23. The van der Waals surface area contributed by atoms with Crippen molar-refractivity contribution < 1.29 is 14.4 Å². The number of rotatable bonds is 5. The summed E-state index contributed by atoms with van der Waals surface area (Å²) < 4.78 is 0. The summed E-state index contributed by atoms with van der Waals surface area (Å²) in [4.78, 5) is 37.2. The average Bonchev–Trinajstić information content (AvgIpc) is 2.38. The predicted octanol–water partition coefficient (Wildman–Crippen LogP) is 0.0411. The van der Waals surface area contributed by atoms with Gasteiger partial charge in [-0.05, 0) is 26.4 Å². The van der Waals surface area contributed by atoms with E-state index in [1.165, 1.54) is 0 Å². The van der Waals surface area contributed by atoms with Gasteiger partial charge in [0.25, 0.3) is 0 Å². The molecule has 0 aliphatic carbocycles. The fraction of sp³-hybridized carbons (Fsp3) is 0.727. The predicted molar refractivity (Wildman–Crippen MR) is 62.2 cm³/mol. The van der Waals surface area contributed by atoms with Crippen LogP contribution in [0.1, 0.15) is 20.3 Å². The van der Waals surface area contributed by atoms with Crippen molar-refractivity contribution in [2.45, 2.75) is 26.3 Å². The third-order valence-electron chi connectivity index (χ3n) is 2.54. The van der Waals surface area contributed by atoms with Gasteiger partial charge in [0.2, 0.25) is 0 Å². The number of hydrogen-bond acceptors (Lipinski definition) is 4. The van der Waals surface area contributed by atoms with Gasteiger partial charge in [0, 0.05) is 6.54 Å². The molecule has 0 bridgehead atoms. The van der Waals surface area contributed by atoms with Crippen molar-refractivity contribution in [3.8, 4) is 0 Å². The SMILES string of the molecule is CC(C)CC(CN(C)C)N1C(=O)NC(=O)C1=O. The van der Waals surface area contributed by atoms with E-state index >= 15 is 0 Å². The second-order valence-electron chi connectivity index (χ2n) is 4.98. The third-order valence-corrected chi connectivity index (χ3v) is 2.54. The van der Waals surface area contributed by atoms with Gasteiger partial charge in [-0.3, -0.25) is 19.8 Å². The first kappa shape index (κ1) is 13.6. The summed E-state index contributed by atoms with van der Waals surface area (Å²) in [6.45, 7) is 4.59. The quantitative estimate of drug-likeness (QED) is 0.545.